The molecular formula is C17H22N4OS. The van der Waals surface area contributed by atoms with Crippen LogP contribution in [0.15, 0.2) is 18.6 Å². The van der Waals surface area contributed by atoms with E-state index in [0.29, 0.717) is 18.0 Å². The number of nitrogens with zero attached hydrogens (tertiary/aromatic N) is 4. The van der Waals surface area contributed by atoms with Gasteiger partial charge in [0.1, 0.15) is 9.88 Å². The molecule has 1 saturated heterocycles. The molecule has 0 bridgehead atoms. The Labute approximate surface area is 140 Å². The first-order chi connectivity index (χ1) is 11.1. The molecule has 2 aromatic rings. The van der Waals surface area contributed by atoms with E-state index in [0.717, 1.165) is 28.3 Å². The monoisotopic (exact) mass is 330 g/mol. The average Bonchev–Trinajstić information content (AvgIpc) is 3.23. The summed E-state index contributed by atoms with van der Waals surface area (Å²) in [7, 11) is 1.89. The highest BCUT2D eigenvalue weighted by Gasteiger charge is 2.43. The number of amides is 1. The van der Waals surface area contributed by atoms with Gasteiger partial charge in [-0.3, -0.25) is 9.48 Å². The van der Waals surface area contributed by atoms with Crippen molar-refractivity contribution in [1.29, 1.82) is 0 Å². The molecule has 1 aliphatic carbocycles. The van der Waals surface area contributed by atoms with Crippen molar-refractivity contribution >= 4 is 17.2 Å². The van der Waals surface area contributed by atoms with Gasteiger partial charge in [-0.2, -0.15) is 5.10 Å². The van der Waals surface area contributed by atoms with Gasteiger partial charge in [-0.05, 0) is 32.1 Å². The lowest BCUT2D eigenvalue weighted by molar-refractivity contribution is 0.0638. The number of hydrogen-bond acceptors (Lipinski definition) is 4. The summed E-state index contributed by atoms with van der Waals surface area (Å²) in [6.07, 6.45) is 11.6. The molecule has 5 nitrogen and oxygen atoms in total. The summed E-state index contributed by atoms with van der Waals surface area (Å²) in [6.45, 7) is 2.19. The van der Waals surface area contributed by atoms with Crippen LogP contribution in [0.3, 0.4) is 0 Å². The fourth-order valence-corrected chi connectivity index (χ4v) is 5.06. The molecule has 2 fully saturated rings. The molecule has 1 saturated carbocycles. The molecule has 122 valence electrons. The first kappa shape index (κ1) is 14.9. The summed E-state index contributed by atoms with van der Waals surface area (Å²) >= 11 is 1.48. The van der Waals surface area contributed by atoms with Crippen LogP contribution in [0.2, 0.25) is 0 Å². The third-order valence-electron chi connectivity index (χ3n) is 5.25. The molecule has 1 aliphatic heterocycles. The van der Waals surface area contributed by atoms with Crippen molar-refractivity contribution in [2.75, 3.05) is 0 Å². The van der Waals surface area contributed by atoms with E-state index in [1.54, 1.807) is 17.1 Å². The average molecular weight is 330 g/mol. The van der Waals surface area contributed by atoms with Crippen molar-refractivity contribution in [2.45, 2.75) is 51.1 Å². The molecule has 0 aromatic carbocycles. The Bertz CT molecular complexity index is 722. The number of rotatable bonds is 2. The third kappa shape index (κ3) is 2.59. The molecule has 2 aliphatic rings. The van der Waals surface area contributed by atoms with Crippen LogP contribution in [0.4, 0.5) is 0 Å². The van der Waals surface area contributed by atoms with Crippen LogP contribution in [-0.4, -0.2) is 37.7 Å². The van der Waals surface area contributed by atoms with Crippen LogP contribution < -0.4 is 0 Å². The van der Waals surface area contributed by atoms with Gasteiger partial charge in [-0.15, -0.1) is 11.3 Å². The largest absolute Gasteiger partial charge is 0.332 e. The Morgan fingerprint density at radius 3 is 2.91 bits per heavy atom. The minimum atomic E-state index is 0.166. The summed E-state index contributed by atoms with van der Waals surface area (Å²) in [5, 5.41) is 5.05. The molecule has 4 rings (SSSR count). The number of carbonyl (C=O) groups is 1. The number of hydrogen-bond donors (Lipinski definition) is 0. The van der Waals surface area contributed by atoms with E-state index >= 15 is 0 Å². The fourth-order valence-electron chi connectivity index (χ4n) is 4.22. The maximum atomic E-state index is 13.0. The molecule has 0 radical (unpaired) electrons. The highest BCUT2D eigenvalue weighted by Crippen LogP contribution is 2.40. The van der Waals surface area contributed by atoms with Crippen LogP contribution in [0.1, 0.15) is 48.7 Å². The van der Waals surface area contributed by atoms with E-state index in [1.807, 2.05) is 13.2 Å². The summed E-state index contributed by atoms with van der Waals surface area (Å²) in [6, 6.07) is 0.787. The van der Waals surface area contributed by atoms with Gasteiger partial charge in [-0.1, -0.05) is 12.8 Å². The number of thiazole rings is 1. The van der Waals surface area contributed by atoms with Crippen LogP contribution in [0.5, 0.6) is 0 Å². The second-order valence-electron chi connectivity index (χ2n) is 6.84. The van der Waals surface area contributed by atoms with E-state index in [-0.39, 0.29) is 5.91 Å². The molecule has 23 heavy (non-hydrogen) atoms. The molecule has 0 N–H and O–H groups in total. The summed E-state index contributed by atoms with van der Waals surface area (Å²) in [4.78, 5) is 20.4. The molecule has 3 atom stereocenters. The highest BCUT2D eigenvalue weighted by molar-refractivity contribution is 7.16. The molecular weight excluding hydrogens is 308 g/mol. The zero-order chi connectivity index (χ0) is 16.0. The van der Waals surface area contributed by atoms with Crippen LogP contribution in [0.25, 0.3) is 10.6 Å². The standard InChI is InChI=1S/C17H22N4OS/c1-11-7-12-5-3-4-6-14(12)21(11)17(22)15-9-18-16(23-15)13-8-19-20(2)10-13/h8-12,14H,3-7H2,1-2H3/t11-,12-,14+/m1/s1. The van der Waals surface area contributed by atoms with Gasteiger partial charge in [-0.25, -0.2) is 4.98 Å². The van der Waals surface area contributed by atoms with E-state index < -0.39 is 0 Å². The van der Waals surface area contributed by atoms with Crippen molar-refractivity contribution in [3.63, 3.8) is 0 Å². The van der Waals surface area contributed by atoms with Crippen LogP contribution in [-0.2, 0) is 7.05 Å². The van der Waals surface area contributed by atoms with Gasteiger partial charge in [0.15, 0.2) is 0 Å². The predicted molar refractivity (Wildman–Crippen MR) is 90.3 cm³/mol. The SMILES string of the molecule is C[C@@H]1C[C@H]2CCCC[C@@H]2N1C(=O)c1cnc(-c2cnn(C)c2)s1. The quantitative estimate of drug-likeness (QED) is 0.848. The molecule has 0 spiro atoms. The molecule has 1 amide bonds. The van der Waals surface area contributed by atoms with E-state index in [2.05, 4.69) is 21.9 Å². The van der Waals surface area contributed by atoms with Gasteiger partial charge in [0.05, 0.1) is 12.4 Å². The summed E-state index contributed by atoms with van der Waals surface area (Å²) in [5.41, 5.74) is 0.974. The number of aromatic nitrogens is 3. The lowest BCUT2D eigenvalue weighted by Gasteiger charge is -2.32. The van der Waals surface area contributed by atoms with E-state index in [4.69, 9.17) is 0 Å². The van der Waals surface area contributed by atoms with Crippen LogP contribution >= 0.6 is 11.3 Å². The van der Waals surface area contributed by atoms with Crippen LogP contribution in [0, 0.1) is 5.92 Å². The molecule has 0 unspecified atom stereocenters. The Balaban J connectivity index is 1.58. The van der Waals surface area contributed by atoms with Crippen molar-refractivity contribution < 1.29 is 4.79 Å². The molecule has 3 heterocycles. The lowest BCUT2D eigenvalue weighted by Crippen LogP contribution is -2.42. The summed E-state index contributed by atoms with van der Waals surface area (Å²) < 4.78 is 1.76. The van der Waals surface area contributed by atoms with Gasteiger partial charge in [0, 0.05) is 30.9 Å². The Morgan fingerprint density at radius 1 is 1.30 bits per heavy atom. The predicted octanol–water partition coefficient (Wildman–Crippen LogP) is 3.34. The number of aryl methyl sites for hydroxylation is 1. The normalized spacial score (nSPS) is 27.2. The van der Waals surface area contributed by atoms with Gasteiger partial charge >= 0.3 is 0 Å². The first-order valence-corrected chi connectivity index (χ1v) is 9.22. The zero-order valence-electron chi connectivity index (χ0n) is 13.6. The van der Waals surface area contributed by atoms with Crippen molar-refractivity contribution in [2.24, 2.45) is 13.0 Å². The zero-order valence-corrected chi connectivity index (χ0v) is 14.4. The summed E-state index contributed by atoms with van der Waals surface area (Å²) in [5.74, 6) is 0.868. The number of likely N-dealkylation sites (tertiary alicyclic amines) is 1. The van der Waals surface area contributed by atoms with Gasteiger partial charge in [0.25, 0.3) is 5.91 Å². The second kappa shape index (κ2) is 5.74. The van der Waals surface area contributed by atoms with Crippen molar-refractivity contribution in [1.82, 2.24) is 19.7 Å². The number of fused-ring (bicyclic) bond motifs is 1. The second-order valence-corrected chi connectivity index (χ2v) is 7.87. The maximum Gasteiger partial charge on any atom is 0.266 e. The maximum absolute atomic E-state index is 13.0. The Kier molecular flexibility index (Phi) is 3.71. The minimum Gasteiger partial charge on any atom is -0.332 e. The topological polar surface area (TPSA) is 51.0 Å². The van der Waals surface area contributed by atoms with E-state index in [1.165, 1.54) is 30.6 Å². The Morgan fingerprint density at radius 2 is 2.13 bits per heavy atom. The first-order valence-electron chi connectivity index (χ1n) is 8.41. The number of carbonyl (C=O) groups excluding carboxylic acids is 1. The van der Waals surface area contributed by atoms with Gasteiger partial charge < -0.3 is 4.90 Å². The van der Waals surface area contributed by atoms with Crippen molar-refractivity contribution in [3.05, 3.63) is 23.5 Å². The molecule has 2 aromatic heterocycles. The minimum absolute atomic E-state index is 0.166. The smallest absolute Gasteiger partial charge is 0.266 e. The fraction of sp³-hybridized carbons (Fsp3) is 0.588. The van der Waals surface area contributed by atoms with E-state index in [9.17, 15) is 4.79 Å². The highest BCUT2D eigenvalue weighted by atomic mass is 32.1. The van der Waals surface area contributed by atoms with Crippen molar-refractivity contribution in [3.8, 4) is 10.6 Å². The lowest BCUT2D eigenvalue weighted by atomic mass is 9.85. The molecule has 6 heteroatoms. The Hall–Kier alpha value is -1.69. The third-order valence-corrected chi connectivity index (χ3v) is 6.28. The van der Waals surface area contributed by atoms with Gasteiger partial charge in [0.2, 0.25) is 0 Å².